The van der Waals surface area contributed by atoms with E-state index < -0.39 is 11.6 Å². The SMILES string of the molecule is COP(=O)(NC1CCCCO1)Sc1ccc([N+](=O)[O-])cc1. The van der Waals surface area contributed by atoms with E-state index in [-0.39, 0.29) is 11.9 Å². The van der Waals surface area contributed by atoms with Crippen molar-refractivity contribution in [1.29, 1.82) is 0 Å². The number of hydrogen-bond acceptors (Lipinski definition) is 6. The van der Waals surface area contributed by atoms with Crippen LogP contribution in [0, 0.1) is 10.1 Å². The molecule has 1 heterocycles. The highest BCUT2D eigenvalue weighted by atomic mass is 32.7. The van der Waals surface area contributed by atoms with E-state index in [0.29, 0.717) is 11.5 Å². The molecule has 1 N–H and O–H groups in total. The lowest BCUT2D eigenvalue weighted by molar-refractivity contribution is -0.384. The molecule has 7 nitrogen and oxygen atoms in total. The van der Waals surface area contributed by atoms with Gasteiger partial charge in [0.25, 0.3) is 5.69 Å². The summed E-state index contributed by atoms with van der Waals surface area (Å²) in [6.45, 7) is -2.52. The Labute approximate surface area is 126 Å². The largest absolute Gasteiger partial charge is 0.363 e. The smallest absolute Gasteiger partial charge is 0.333 e. The van der Waals surface area contributed by atoms with Crippen LogP contribution < -0.4 is 5.09 Å². The van der Waals surface area contributed by atoms with Gasteiger partial charge in [0.2, 0.25) is 0 Å². The molecule has 1 aromatic rings. The number of ether oxygens (including phenoxy) is 1. The molecule has 2 atom stereocenters. The zero-order valence-electron chi connectivity index (χ0n) is 11.6. The Morgan fingerprint density at radius 2 is 2.14 bits per heavy atom. The topological polar surface area (TPSA) is 90.7 Å². The molecule has 0 saturated carbocycles. The second kappa shape index (κ2) is 7.38. The van der Waals surface area contributed by atoms with Gasteiger partial charge in [-0.1, -0.05) is 0 Å². The summed E-state index contributed by atoms with van der Waals surface area (Å²) in [4.78, 5) is 10.8. The number of nitrogens with one attached hydrogen (secondary N) is 1. The van der Waals surface area contributed by atoms with Crippen molar-refractivity contribution in [2.45, 2.75) is 30.4 Å². The van der Waals surface area contributed by atoms with Crippen LogP contribution in [0.15, 0.2) is 29.2 Å². The fourth-order valence-electron chi connectivity index (χ4n) is 1.90. The summed E-state index contributed by atoms with van der Waals surface area (Å²) in [6, 6.07) is 5.86. The van der Waals surface area contributed by atoms with Gasteiger partial charge in [-0.25, -0.2) is 5.09 Å². The van der Waals surface area contributed by atoms with E-state index in [4.69, 9.17) is 9.26 Å². The first-order valence-electron chi connectivity index (χ1n) is 6.52. The number of hydrogen-bond donors (Lipinski definition) is 1. The summed E-state index contributed by atoms with van der Waals surface area (Å²) >= 11 is 1.02. The Balaban J connectivity index is 2.02. The predicted molar refractivity (Wildman–Crippen MR) is 80.3 cm³/mol. The second-order valence-electron chi connectivity index (χ2n) is 4.51. The number of non-ortho nitro benzene ring substituents is 1. The molecule has 9 heteroatoms. The predicted octanol–water partition coefficient (Wildman–Crippen LogP) is 3.56. The van der Waals surface area contributed by atoms with Gasteiger partial charge in [-0.05, 0) is 42.8 Å². The van der Waals surface area contributed by atoms with Crippen LogP contribution in [-0.4, -0.2) is 24.9 Å². The summed E-state index contributed by atoms with van der Waals surface area (Å²) < 4.78 is 23.3. The average Bonchev–Trinajstić information content (AvgIpc) is 2.48. The molecule has 2 unspecified atom stereocenters. The summed E-state index contributed by atoms with van der Waals surface area (Å²) in [7, 11) is 1.37. The average molecular weight is 332 g/mol. The first-order chi connectivity index (χ1) is 10.0. The zero-order chi connectivity index (χ0) is 15.3. The van der Waals surface area contributed by atoms with Crippen molar-refractivity contribution < 1.29 is 18.7 Å². The minimum atomic E-state index is -3.16. The maximum atomic E-state index is 12.7. The molecule has 0 aliphatic carbocycles. The molecule has 2 rings (SSSR count). The van der Waals surface area contributed by atoms with E-state index >= 15 is 0 Å². The minimum absolute atomic E-state index is 0.00447. The Morgan fingerprint density at radius 1 is 1.43 bits per heavy atom. The normalized spacial score (nSPS) is 21.7. The lowest BCUT2D eigenvalue weighted by Crippen LogP contribution is -2.32. The number of benzene rings is 1. The molecule has 21 heavy (non-hydrogen) atoms. The van der Waals surface area contributed by atoms with Crippen molar-refractivity contribution in [3.05, 3.63) is 34.4 Å². The first kappa shape index (κ1) is 16.5. The second-order valence-corrected chi connectivity index (χ2v) is 8.77. The highest BCUT2D eigenvalue weighted by Crippen LogP contribution is 2.59. The summed E-state index contributed by atoms with van der Waals surface area (Å²) in [5.74, 6) is 0. The first-order valence-corrected chi connectivity index (χ1v) is 9.56. The van der Waals surface area contributed by atoms with Crippen LogP contribution >= 0.6 is 18.1 Å². The van der Waals surface area contributed by atoms with E-state index in [1.807, 2.05) is 0 Å². The highest BCUT2D eigenvalue weighted by molar-refractivity contribution is 8.56. The van der Waals surface area contributed by atoms with Crippen molar-refractivity contribution in [2.24, 2.45) is 0 Å². The van der Waals surface area contributed by atoms with Crippen LogP contribution in [0.5, 0.6) is 0 Å². The van der Waals surface area contributed by atoms with Gasteiger partial charge in [-0.15, -0.1) is 0 Å². The highest BCUT2D eigenvalue weighted by Gasteiger charge is 2.29. The maximum Gasteiger partial charge on any atom is 0.333 e. The van der Waals surface area contributed by atoms with Gasteiger partial charge in [0, 0.05) is 30.7 Å². The third kappa shape index (κ3) is 4.79. The van der Waals surface area contributed by atoms with Gasteiger partial charge >= 0.3 is 6.72 Å². The lowest BCUT2D eigenvalue weighted by Gasteiger charge is -2.27. The number of nitro benzene ring substituents is 1. The van der Waals surface area contributed by atoms with E-state index in [1.165, 1.54) is 19.2 Å². The van der Waals surface area contributed by atoms with Gasteiger partial charge < -0.3 is 9.26 Å². The van der Waals surface area contributed by atoms with Crippen molar-refractivity contribution in [3.8, 4) is 0 Å². The van der Waals surface area contributed by atoms with Crippen molar-refractivity contribution in [3.63, 3.8) is 0 Å². The summed E-state index contributed by atoms with van der Waals surface area (Å²) in [5.41, 5.74) is -0.00447. The van der Waals surface area contributed by atoms with E-state index in [2.05, 4.69) is 5.09 Å². The van der Waals surface area contributed by atoms with Crippen LogP contribution in [-0.2, 0) is 13.8 Å². The molecule has 1 aliphatic rings. The zero-order valence-corrected chi connectivity index (χ0v) is 13.3. The monoisotopic (exact) mass is 332 g/mol. The number of rotatable bonds is 6. The van der Waals surface area contributed by atoms with E-state index in [1.54, 1.807) is 12.1 Å². The summed E-state index contributed by atoms with van der Waals surface area (Å²) in [6.07, 6.45) is 2.53. The molecule has 116 valence electrons. The third-order valence-electron chi connectivity index (χ3n) is 3.00. The van der Waals surface area contributed by atoms with Crippen LogP contribution in [0.2, 0.25) is 0 Å². The van der Waals surface area contributed by atoms with Crippen LogP contribution in [0.4, 0.5) is 5.69 Å². The minimum Gasteiger partial charge on any atom is -0.363 e. The molecule has 1 aliphatic heterocycles. The maximum absolute atomic E-state index is 12.7. The van der Waals surface area contributed by atoms with E-state index in [0.717, 1.165) is 30.6 Å². The van der Waals surface area contributed by atoms with Gasteiger partial charge in [0.15, 0.2) is 0 Å². The van der Waals surface area contributed by atoms with Crippen LogP contribution in [0.1, 0.15) is 19.3 Å². The lowest BCUT2D eigenvalue weighted by atomic mass is 10.2. The molecule has 0 amide bonds. The quantitative estimate of drug-likeness (QED) is 0.484. The van der Waals surface area contributed by atoms with Crippen LogP contribution in [0.3, 0.4) is 0 Å². The van der Waals surface area contributed by atoms with E-state index in [9.17, 15) is 14.7 Å². The third-order valence-corrected chi connectivity index (χ3v) is 6.92. The van der Waals surface area contributed by atoms with Gasteiger partial charge in [-0.3, -0.25) is 14.7 Å². The van der Waals surface area contributed by atoms with Crippen LogP contribution in [0.25, 0.3) is 0 Å². The van der Waals surface area contributed by atoms with Gasteiger partial charge in [-0.2, -0.15) is 0 Å². The fraction of sp³-hybridized carbons (Fsp3) is 0.500. The summed E-state index contributed by atoms with van der Waals surface area (Å²) in [5, 5.41) is 13.5. The Kier molecular flexibility index (Phi) is 5.78. The molecule has 0 spiro atoms. The Hall–Kier alpha value is -0.920. The molecule has 1 fully saturated rings. The van der Waals surface area contributed by atoms with Crippen molar-refractivity contribution >= 4 is 23.8 Å². The van der Waals surface area contributed by atoms with Crippen molar-refractivity contribution in [1.82, 2.24) is 5.09 Å². The molecule has 0 aromatic heterocycles. The van der Waals surface area contributed by atoms with Gasteiger partial charge in [0.05, 0.1) is 4.92 Å². The number of nitrogens with zero attached hydrogens (tertiary/aromatic N) is 1. The molecular formula is C12H17N2O5PS. The molecule has 0 radical (unpaired) electrons. The Bertz CT molecular complexity index is 533. The molecular weight excluding hydrogens is 315 g/mol. The standard InChI is InChI=1S/C12H17N2O5PS/c1-18-20(17,13-12-4-2-3-9-19-12)21-11-7-5-10(6-8-11)14(15)16/h5-8,12H,2-4,9H2,1H3,(H,13,17). The van der Waals surface area contributed by atoms with Crippen molar-refractivity contribution in [2.75, 3.05) is 13.7 Å². The molecule has 1 aromatic carbocycles. The number of nitro groups is 1. The fourth-order valence-corrected chi connectivity index (χ4v) is 5.16. The Morgan fingerprint density at radius 3 is 2.67 bits per heavy atom. The molecule has 1 saturated heterocycles. The van der Waals surface area contributed by atoms with Gasteiger partial charge in [0.1, 0.15) is 6.23 Å². The molecule has 0 bridgehead atoms.